The summed E-state index contributed by atoms with van der Waals surface area (Å²) in [6.45, 7) is 1.96. The maximum atomic E-state index is 14.0. The molecule has 1 unspecified atom stereocenters. The van der Waals surface area contributed by atoms with Gasteiger partial charge in [-0.1, -0.05) is 29.8 Å². The summed E-state index contributed by atoms with van der Waals surface area (Å²) in [6.07, 6.45) is 0. The molecule has 0 saturated carbocycles. The number of hydrogen-bond donors (Lipinski definition) is 1. The summed E-state index contributed by atoms with van der Waals surface area (Å²) in [5.74, 6) is 0.636. The molecule has 0 saturated heterocycles. The summed E-state index contributed by atoms with van der Waals surface area (Å²) >= 11 is 7.51. The summed E-state index contributed by atoms with van der Waals surface area (Å²) in [7, 11) is 1.84. The summed E-state index contributed by atoms with van der Waals surface area (Å²) in [6, 6.07) is 13.0. The van der Waals surface area contributed by atoms with Crippen LogP contribution >= 0.6 is 23.4 Å². The molecule has 1 nitrogen and oxygen atoms in total. The van der Waals surface area contributed by atoms with E-state index >= 15 is 0 Å². The van der Waals surface area contributed by atoms with Gasteiger partial charge in [0.15, 0.2) is 0 Å². The second-order valence-corrected chi connectivity index (χ2v) is 6.03. The van der Waals surface area contributed by atoms with Crippen LogP contribution in [0.15, 0.2) is 47.4 Å². The second-order valence-electron chi connectivity index (χ2n) is 4.58. The third-order valence-electron chi connectivity index (χ3n) is 3.19. The van der Waals surface area contributed by atoms with E-state index in [0.717, 1.165) is 21.2 Å². The first kappa shape index (κ1) is 15.4. The van der Waals surface area contributed by atoms with Gasteiger partial charge < -0.3 is 5.32 Å². The molecule has 0 heterocycles. The minimum atomic E-state index is -0.159. The number of hydrogen-bond acceptors (Lipinski definition) is 2. The van der Waals surface area contributed by atoms with Gasteiger partial charge in [-0.25, -0.2) is 4.39 Å². The van der Waals surface area contributed by atoms with Crippen LogP contribution in [0, 0.1) is 5.82 Å². The highest BCUT2D eigenvalue weighted by Gasteiger charge is 2.14. The molecule has 0 fully saturated rings. The topological polar surface area (TPSA) is 12.0 Å². The van der Waals surface area contributed by atoms with Gasteiger partial charge in [-0.15, -0.1) is 11.8 Å². The Morgan fingerprint density at radius 3 is 2.55 bits per heavy atom. The SMILES string of the molecule is CNC(C)c1c(F)cccc1SCc1ccc(Cl)cc1. The lowest BCUT2D eigenvalue weighted by atomic mass is 10.1. The average molecular weight is 310 g/mol. The Bertz CT molecular complexity index is 571. The maximum absolute atomic E-state index is 14.0. The molecule has 106 valence electrons. The third-order valence-corrected chi connectivity index (χ3v) is 4.58. The quantitative estimate of drug-likeness (QED) is 0.775. The molecule has 0 bridgehead atoms. The maximum Gasteiger partial charge on any atom is 0.129 e. The number of benzene rings is 2. The van der Waals surface area contributed by atoms with Crippen molar-refractivity contribution in [2.45, 2.75) is 23.6 Å². The zero-order chi connectivity index (χ0) is 14.5. The van der Waals surface area contributed by atoms with Crippen LogP contribution in [0.2, 0.25) is 5.02 Å². The lowest BCUT2D eigenvalue weighted by molar-refractivity contribution is 0.552. The van der Waals surface area contributed by atoms with E-state index in [1.165, 1.54) is 11.6 Å². The number of rotatable bonds is 5. The Balaban J connectivity index is 2.17. The van der Waals surface area contributed by atoms with Crippen molar-refractivity contribution in [2.75, 3.05) is 7.05 Å². The molecule has 0 amide bonds. The highest BCUT2D eigenvalue weighted by Crippen LogP contribution is 2.31. The van der Waals surface area contributed by atoms with Crippen LogP contribution < -0.4 is 5.32 Å². The predicted octanol–water partition coefficient (Wildman–Crippen LogP) is 5.05. The van der Waals surface area contributed by atoms with Crippen molar-refractivity contribution in [1.29, 1.82) is 0 Å². The van der Waals surface area contributed by atoms with E-state index in [2.05, 4.69) is 5.32 Å². The van der Waals surface area contributed by atoms with Crippen LogP contribution in [0.1, 0.15) is 24.1 Å². The molecule has 2 aromatic carbocycles. The van der Waals surface area contributed by atoms with Crippen LogP contribution in [0.4, 0.5) is 4.39 Å². The number of thioether (sulfide) groups is 1. The molecule has 20 heavy (non-hydrogen) atoms. The fraction of sp³-hybridized carbons (Fsp3) is 0.250. The van der Waals surface area contributed by atoms with E-state index < -0.39 is 0 Å². The zero-order valence-corrected chi connectivity index (χ0v) is 13.1. The van der Waals surface area contributed by atoms with Crippen molar-refractivity contribution in [2.24, 2.45) is 0 Å². The molecule has 0 aliphatic heterocycles. The van der Waals surface area contributed by atoms with Gasteiger partial charge in [0.1, 0.15) is 5.82 Å². The van der Waals surface area contributed by atoms with E-state index in [9.17, 15) is 4.39 Å². The smallest absolute Gasteiger partial charge is 0.129 e. The first-order valence-corrected chi connectivity index (χ1v) is 7.81. The largest absolute Gasteiger partial charge is 0.313 e. The predicted molar refractivity (Wildman–Crippen MR) is 84.9 cm³/mol. The molecule has 2 aromatic rings. The summed E-state index contributed by atoms with van der Waals surface area (Å²) < 4.78 is 14.0. The molecule has 2 rings (SSSR count). The van der Waals surface area contributed by atoms with Gasteiger partial charge in [-0.3, -0.25) is 0 Å². The first-order chi connectivity index (χ1) is 9.61. The first-order valence-electron chi connectivity index (χ1n) is 6.44. The van der Waals surface area contributed by atoms with Gasteiger partial charge in [-0.05, 0) is 43.8 Å². The monoisotopic (exact) mass is 309 g/mol. The van der Waals surface area contributed by atoms with Crippen molar-refractivity contribution < 1.29 is 4.39 Å². The van der Waals surface area contributed by atoms with Crippen LogP contribution in [-0.2, 0) is 5.75 Å². The van der Waals surface area contributed by atoms with E-state index in [1.54, 1.807) is 17.8 Å². The van der Waals surface area contributed by atoms with E-state index in [4.69, 9.17) is 11.6 Å². The van der Waals surface area contributed by atoms with Crippen molar-refractivity contribution in [1.82, 2.24) is 5.32 Å². The molecule has 0 aromatic heterocycles. The summed E-state index contributed by atoms with van der Waals surface area (Å²) in [5.41, 5.74) is 1.90. The van der Waals surface area contributed by atoms with Crippen LogP contribution in [0.5, 0.6) is 0 Å². The molecule has 4 heteroatoms. The van der Waals surface area contributed by atoms with Crippen molar-refractivity contribution in [3.8, 4) is 0 Å². The molecule has 0 aliphatic carbocycles. The lowest BCUT2D eigenvalue weighted by Crippen LogP contribution is -2.15. The van der Waals surface area contributed by atoms with Crippen molar-refractivity contribution in [3.05, 3.63) is 64.4 Å². The Morgan fingerprint density at radius 1 is 1.20 bits per heavy atom. The molecule has 0 radical (unpaired) electrons. The third kappa shape index (κ3) is 3.75. The number of halogens is 2. The van der Waals surface area contributed by atoms with Gasteiger partial charge in [0.2, 0.25) is 0 Å². The summed E-state index contributed by atoms with van der Waals surface area (Å²) in [4.78, 5) is 0.974. The van der Waals surface area contributed by atoms with Gasteiger partial charge >= 0.3 is 0 Å². The fourth-order valence-electron chi connectivity index (χ4n) is 1.95. The highest BCUT2D eigenvalue weighted by atomic mass is 35.5. The van der Waals surface area contributed by atoms with Gasteiger partial charge in [0, 0.05) is 27.3 Å². The molecular weight excluding hydrogens is 293 g/mol. The van der Waals surface area contributed by atoms with E-state index in [-0.39, 0.29) is 11.9 Å². The van der Waals surface area contributed by atoms with Crippen LogP contribution in [0.25, 0.3) is 0 Å². The minimum absolute atomic E-state index is 0.0103. The van der Waals surface area contributed by atoms with Crippen LogP contribution in [0.3, 0.4) is 0 Å². The standard InChI is InChI=1S/C16H17ClFNS/c1-11(19-2)16-14(18)4-3-5-15(16)20-10-12-6-8-13(17)9-7-12/h3-9,11,19H,10H2,1-2H3. The molecule has 0 aliphatic rings. The Labute approximate surface area is 128 Å². The molecule has 1 atom stereocenters. The zero-order valence-electron chi connectivity index (χ0n) is 11.5. The normalized spacial score (nSPS) is 12.4. The average Bonchev–Trinajstić information content (AvgIpc) is 2.46. The number of nitrogens with one attached hydrogen (secondary N) is 1. The molecular formula is C16H17ClFNS. The Kier molecular flexibility index (Phi) is 5.46. The Morgan fingerprint density at radius 2 is 1.90 bits per heavy atom. The van der Waals surface area contributed by atoms with Crippen molar-refractivity contribution >= 4 is 23.4 Å². The van der Waals surface area contributed by atoms with E-state index in [1.807, 2.05) is 44.3 Å². The summed E-state index contributed by atoms with van der Waals surface area (Å²) in [5, 5.41) is 3.83. The van der Waals surface area contributed by atoms with Crippen molar-refractivity contribution in [3.63, 3.8) is 0 Å². The van der Waals surface area contributed by atoms with E-state index in [0.29, 0.717) is 0 Å². The van der Waals surface area contributed by atoms with Gasteiger partial charge in [0.25, 0.3) is 0 Å². The second kappa shape index (κ2) is 7.11. The van der Waals surface area contributed by atoms with Gasteiger partial charge in [0.05, 0.1) is 0 Å². The lowest BCUT2D eigenvalue weighted by Gasteiger charge is -2.16. The fourth-order valence-corrected chi connectivity index (χ4v) is 3.19. The van der Waals surface area contributed by atoms with Crippen LogP contribution in [-0.4, -0.2) is 7.05 Å². The van der Waals surface area contributed by atoms with Gasteiger partial charge in [-0.2, -0.15) is 0 Å². The molecule has 0 spiro atoms. The molecule has 1 N–H and O–H groups in total. The highest BCUT2D eigenvalue weighted by molar-refractivity contribution is 7.98. The minimum Gasteiger partial charge on any atom is -0.313 e. The Hall–Kier alpha value is -1.03.